The summed E-state index contributed by atoms with van der Waals surface area (Å²) in [6.07, 6.45) is 0. The van der Waals surface area contributed by atoms with Crippen molar-refractivity contribution in [2.45, 2.75) is 12.7 Å². The maximum absolute atomic E-state index is 13.0. The van der Waals surface area contributed by atoms with Gasteiger partial charge in [0, 0.05) is 0 Å². The number of anilines is 1. The summed E-state index contributed by atoms with van der Waals surface area (Å²) in [4.78, 5) is 0. The lowest BCUT2D eigenvalue weighted by molar-refractivity contribution is 0.600. The van der Waals surface area contributed by atoms with Crippen LogP contribution in [0.1, 0.15) is 11.1 Å². The van der Waals surface area contributed by atoms with Gasteiger partial charge in [-0.2, -0.15) is 0 Å². The van der Waals surface area contributed by atoms with Gasteiger partial charge >= 0.3 is 0 Å². The average Bonchev–Trinajstić information content (AvgIpc) is 2.31. The van der Waals surface area contributed by atoms with Crippen molar-refractivity contribution in [3.63, 3.8) is 0 Å². The van der Waals surface area contributed by atoms with Crippen LogP contribution in [0.2, 0.25) is 0 Å². The molecule has 0 bridgehead atoms. The molecule has 0 atom stereocenters. The average molecular weight is 279 g/mol. The van der Waals surface area contributed by atoms with Crippen molar-refractivity contribution in [2.24, 2.45) is 0 Å². The van der Waals surface area contributed by atoms with Crippen LogP contribution in [0, 0.1) is 12.7 Å². The molecule has 0 fully saturated rings. The fourth-order valence-electron chi connectivity index (χ4n) is 1.67. The maximum atomic E-state index is 13.0. The summed E-state index contributed by atoms with van der Waals surface area (Å²) < 4.78 is 39.2. The van der Waals surface area contributed by atoms with E-state index in [1.54, 1.807) is 12.1 Å². The Morgan fingerprint density at radius 3 is 2.42 bits per heavy atom. The van der Waals surface area contributed by atoms with E-state index in [2.05, 4.69) is 4.72 Å². The molecule has 100 valence electrons. The van der Waals surface area contributed by atoms with Crippen LogP contribution in [0.5, 0.6) is 0 Å². The van der Waals surface area contributed by atoms with Crippen molar-refractivity contribution >= 4 is 15.7 Å². The third-order valence-electron chi connectivity index (χ3n) is 2.58. The predicted molar refractivity (Wildman–Crippen MR) is 73.8 cm³/mol. The first-order valence-electron chi connectivity index (χ1n) is 5.76. The molecular weight excluding hydrogens is 265 g/mol. The third kappa shape index (κ3) is 4.06. The van der Waals surface area contributed by atoms with Crippen molar-refractivity contribution in [1.29, 1.82) is 0 Å². The smallest absolute Gasteiger partial charge is 0.236 e. The van der Waals surface area contributed by atoms with E-state index in [0.29, 0.717) is 5.56 Å². The fraction of sp³-hybridized carbons (Fsp3) is 0.143. The molecule has 0 saturated carbocycles. The third-order valence-corrected chi connectivity index (χ3v) is 3.84. The zero-order valence-electron chi connectivity index (χ0n) is 10.4. The molecule has 5 heteroatoms. The monoisotopic (exact) mass is 279 g/mol. The molecule has 3 nitrogen and oxygen atoms in total. The Morgan fingerprint density at radius 1 is 1.11 bits per heavy atom. The van der Waals surface area contributed by atoms with E-state index in [9.17, 15) is 12.8 Å². The van der Waals surface area contributed by atoms with Crippen molar-refractivity contribution < 1.29 is 12.8 Å². The van der Waals surface area contributed by atoms with Crippen LogP contribution in [0.3, 0.4) is 0 Å². The van der Waals surface area contributed by atoms with Gasteiger partial charge < -0.3 is 0 Å². The molecule has 0 aliphatic rings. The van der Waals surface area contributed by atoms with Crippen molar-refractivity contribution in [1.82, 2.24) is 0 Å². The van der Waals surface area contributed by atoms with Crippen LogP contribution >= 0.6 is 0 Å². The highest BCUT2D eigenvalue weighted by Gasteiger charge is 2.11. The summed E-state index contributed by atoms with van der Waals surface area (Å²) in [5.41, 5.74) is 1.99. The number of benzene rings is 2. The Balaban J connectivity index is 2.13. The Bertz CT molecular complexity index is 666. The van der Waals surface area contributed by atoms with E-state index in [4.69, 9.17) is 0 Å². The van der Waals surface area contributed by atoms with E-state index in [1.807, 2.05) is 19.1 Å². The Kier molecular flexibility index (Phi) is 3.85. The lowest BCUT2D eigenvalue weighted by Gasteiger charge is -2.08. The Morgan fingerprint density at radius 2 is 1.79 bits per heavy atom. The van der Waals surface area contributed by atoms with E-state index in [1.165, 1.54) is 18.2 Å². The molecule has 2 rings (SSSR count). The molecule has 0 aliphatic carbocycles. The lowest BCUT2D eigenvalue weighted by Crippen LogP contribution is -2.15. The molecule has 0 saturated heterocycles. The summed E-state index contributed by atoms with van der Waals surface area (Å²) in [6, 6.07) is 12.6. The largest absolute Gasteiger partial charge is 0.283 e. The second kappa shape index (κ2) is 5.40. The second-order valence-corrected chi connectivity index (χ2v) is 6.08. The SMILES string of the molecule is Cc1ccc(CS(=O)(=O)Nc2cccc(F)c2)cc1. The standard InChI is InChI=1S/C14H14FNO2S/c1-11-5-7-12(8-6-11)10-19(17,18)16-14-4-2-3-13(15)9-14/h2-9,16H,10H2,1H3. The predicted octanol–water partition coefficient (Wildman–Crippen LogP) is 3.08. The van der Waals surface area contributed by atoms with Gasteiger partial charge in [0.2, 0.25) is 10.0 Å². The van der Waals surface area contributed by atoms with E-state index < -0.39 is 15.8 Å². The summed E-state index contributed by atoms with van der Waals surface area (Å²) in [7, 11) is -3.53. The molecule has 19 heavy (non-hydrogen) atoms. The number of aryl methyl sites for hydroxylation is 1. The molecule has 0 unspecified atom stereocenters. The van der Waals surface area contributed by atoms with Gasteiger partial charge in [0.1, 0.15) is 5.82 Å². The van der Waals surface area contributed by atoms with Gasteiger partial charge in [0.25, 0.3) is 0 Å². The Hall–Kier alpha value is -1.88. The quantitative estimate of drug-likeness (QED) is 0.935. The van der Waals surface area contributed by atoms with Gasteiger partial charge in [-0.1, -0.05) is 35.9 Å². The molecule has 0 amide bonds. The highest BCUT2D eigenvalue weighted by molar-refractivity contribution is 7.91. The van der Waals surface area contributed by atoms with E-state index in [0.717, 1.165) is 11.6 Å². The molecule has 1 N–H and O–H groups in total. The van der Waals surface area contributed by atoms with Gasteiger partial charge in [0.05, 0.1) is 11.4 Å². The second-order valence-electron chi connectivity index (χ2n) is 4.36. The number of hydrogen-bond acceptors (Lipinski definition) is 2. The van der Waals surface area contributed by atoms with Crippen molar-refractivity contribution in [3.05, 3.63) is 65.5 Å². The molecule has 0 heterocycles. The van der Waals surface area contributed by atoms with Crippen LogP contribution in [0.4, 0.5) is 10.1 Å². The lowest BCUT2D eigenvalue weighted by atomic mass is 10.2. The molecule has 2 aromatic carbocycles. The summed E-state index contributed by atoms with van der Waals surface area (Å²) in [5.74, 6) is -0.611. The fourth-order valence-corrected chi connectivity index (χ4v) is 2.86. The topological polar surface area (TPSA) is 46.2 Å². The van der Waals surface area contributed by atoms with Crippen LogP contribution < -0.4 is 4.72 Å². The summed E-state index contributed by atoms with van der Waals surface area (Å²) in [5, 5.41) is 0. The molecule has 0 radical (unpaired) electrons. The van der Waals surface area contributed by atoms with Crippen LogP contribution in [0.15, 0.2) is 48.5 Å². The number of nitrogens with one attached hydrogen (secondary N) is 1. The number of halogens is 1. The first kappa shape index (κ1) is 13.5. The molecule has 0 aliphatic heterocycles. The minimum Gasteiger partial charge on any atom is -0.283 e. The number of sulfonamides is 1. The molecule has 2 aromatic rings. The highest BCUT2D eigenvalue weighted by atomic mass is 32.2. The van der Waals surface area contributed by atoms with Gasteiger partial charge in [-0.05, 0) is 30.7 Å². The van der Waals surface area contributed by atoms with Crippen molar-refractivity contribution in [2.75, 3.05) is 4.72 Å². The molecular formula is C14H14FNO2S. The first-order valence-corrected chi connectivity index (χ1v) is 7.41. The normalized spacial score (nSPS) is 11.3. The van der Waals surface area contributed by atoms with Crippen LogP contribution in [0.25, 0.3) is 0 Å². The van der Waals surface area contributed by atoms with Gasteiger partial charge in [-0.3, -0.25) is 4.72 Å². The van der Waals surface area contributed by atoms with Crippen molar-refractivity contribution in [3.8, 4) is 0 Å². The van der Waals surface area contributed by atoms with E-state index in [-0.39, 0.29) is 11.4 Å². The molecule has 0 spiro atoms. The minimum atomic E-state index is -3.53. The highest BCUT2D eigenvalue weighted by Crippen LogP contribution is 2.14. The van der Waals surface area contributed by atoms with Gasteiger partial charge in [-0.25, -0.2) is 12.8 Å². The van der Waals surface area contributed by atoms with E-state index >= 15 is 0 Å². The Labute approximate surface area is 112 Å². The van der Waals surface area contributed by atoms with Crippen LogP contribution in [-0.4, -0.2) is 8.42 Å². The van der Waals surface area contributed by atoms with Gasteiger partial charge in [-0.15, -0.1) is 0 Å². The zero-order valence-corrected chi connectivity index (χ0v) is 11.2. The first-order chi connectivity index (χ1) is 8.94. The number of rotatable bonds is 4. The maximum Gasteiger partial charge on any atom is 0.236 e. The summed E-state index contributed by atoms with van der Waals surface area (Å²) in [6.45, 7) is 1.93. The number of hydrogen-bond donors (Lipinski definition) is 1. The van der Waals surface area contributed by atoms with Gasteiger partial charge in [0.15, 0.2) is 0 Å². The van der Waals surface area contributed by atoms with Crippen LogP contribution in [-0.2, 0) is 15.8 Å². The minimum absolute atomic E-state index is 0.135. The molecule has 0 aromatic heterocycles. The zero-order chi connectivity index (χ0) is 13.9. The summed E-state index contributed by atoms with van der Waals surface area (Å²) >= 11 is 0.